The molecule has 2 heterocycles. The van der Waals surface area contributed by atoms with E-state index in [-0.39, 0.29) is 23.6 Å². The number of carbonyl (C=O) groups is 2. The first-order chi connectivity index (χ1) is 11.3. The molecule has 1 unspecified atom stereocenters. The highest BCUT2D eigenvalue weighted by Gasteiger charge is 2.54. The molecule has 0 radical (unpaired) electrons. The summed E-state index contributed by atoms with van der Waals surface area (Å²) in [6.07, 6.45) is 1.68. The molecule has 0 saturated carbocycles. The summed E-state index contributed by atoms with van der Waals surface area (Å²) >= 11 is 0. The third-order valence-corrected chi connectivity index (χ3v) is 4.34. The number of fused-ring (bicyclic) bond motifs is 1. The fourth-order valence-corrected chi connectivity index (χ4v) is 3.35. The Kier molecular flexibility index (Phi) is 3.64. The lowest BCUT2D eigenvalue weighted by Gasteiger charge is -2.36. The van der Waals surface area contributed by atoms with E-state index in [0.29, 0.717) is 5.56 Å². The van der Waals surface area contributed by atoms with Crippen molar-refractivity contribution in [2.75, 3.05) is 7.11 Å². The van der Waals surface area contributed by atoms with E-state index in [2.05, 4.69) is 0 Å². The lowest BCUT2D eigenvalue weighted by molar-refractivity contribution is -0.386. The average molecular weight is 331 g/mol. The van der Waals surface area contributed by atoms with Gasteiger partial charge in [-0.3, -0.25) is 14.9 Å². The monoisotopic (exact) mass is 331 g/mol. The number of esters is 1. The summed E-state index contributed by atoms with van der Waals surface area (Å²) in [6.45, 7) is 3.72. The molecular weight excluding hydrogens is 314 g/mol. The fourth-order valence-electron chi connectivity index (χ4n) is 3.35. The lowest BCUT2D eigenvalue weighted by Crippen LogP contribution is -2.44. The number of para-hydroxylation sites is 1. The minimum atomic E-state index is -0.750. The highest BCUT2D eigenvalue weighted by atomic mass is 16.6. The molecule has 2 aliphatic rings. The summed E-state index contributed by atoms with van der Waals surface area (Å²) in [7, 11) is 1.24. The van der Waals surface area contributed by atoms with E-state index in [1.165, 1.54) is 24.4 Å². The SMILES string of the molecule is COC(=O)C1=CN2C(=O)CC(C)(C)N2C1c1ccccc1[N+](=O)[O-]. The van der Waals surface area contributed by atoms with Crippen molar-refractivity contribution in [2.24, 2.45) is 0 Å². The van der Waals surface area contributed by atoms with Crippen molar-refractivity contribution in [3.05, 3.63) is 51.7 Å². The Labute approximate surface area is 138 Å². The molecule has 1 saturated heterocycles. The van der Waals surface area contributed by atoms with Gasteiger partial charge >= 0.3 is 5.97 Å². The average Bonchev–Trinajstić information content (AvgIpc) is 3.03. The first-order valence-corrected chi connectivity index (χ1v) is 7.42. The second-order valence-corrected chi connectivity index (χ2v) is 6.37. The Hall–Kier alpha value is -2.74. The number of hydrazine groups is 1. The van der Waals surface area contributed by atoms with Crippen molar-refractivity contribution in [1.29, 1.82) is 0 Å². The molecule has 24 heavy (non-hydrogen) atoms. The predicted molar refractivity (Wildman–Crippen MR) is 83.3 cm³/mol. The van der Waals surface area contributed by atoms with Crippen LogP contribution in [0.5, 0.6) is 0 Å². The zero-order chi connectivity index (χ0) is 17.6. The van der Waals surface area contributed by atoms with Gasteiger partial charge in [0, 0.05) is 24.2 Å². The highest BCUT2D eigenvalue weighted by Crippen LogP contribution is 2.48. The fraction of sp³-hybridized carbons (Fsp3) is 0.375. The predicted octanol–water partition coefficient (Wildman–Crippen LogP) is 1.93. The second kappa shape index (κ2) is 5.41. The number of hydrogen-bond donors (Lipinski definition) is 0. The summed E-state index contributed by atoms with van der Waals surface area (Å²) in [5.74, 6) is -0.779. The van der Waals surface area contributed by atoms with Crippen LogP contribution in [0, 0.1) is 10.1 Å². The van der Waals surface area contributed by atoms with Crippen LogP contribution in [0.4, 0.5) is 5.69 Å². The lowest BCUT2D eigenvalue weighted by atomic mass is 9.92. The molecule has 1 aromatic rings. The van der Waals surface area contributed by atoms with Gasteiger partial charge in [-0.2, -0.15) is 5.01 Å². The van der Waals surface area contributed by atoms with Crippen LogP contribution in [0.1, 0.15) is 31.9 Å². The minimum absolute atomic E-state index is 0.102. The maximum atomic E-state index is 12.3. The van der Waals surface area contributed by atoms with E-state index < -0.39 is 22.5 Å². The van der Waals surface area contributed by atoms with Crippen molar-refractivity contribution in [2.45, 2.75) is 31.8 Å². The maximum Gasteiger partial charge on any atom is 0.337 e. The van der Waals surface area contributed by atoms with Crippen molar-refractivity contribution in [1.82, 2.24) is 10.0 Å². The Bertz CT molecular complexity index is 771. The van der Waals surface area contributed by atoms with Gasteiger partial charge in [0.2, 0.25) is 5.91 Å². The molecule has 0 aromatic heterocycles. The van der Waals surface area contributed by atoms with Crippen LogP contribution < -0.4 is 0 Å². The third kappa shape index (κ3) is 2.26. The summed E-state index contributed by atoms with van der Waals surface area (Å²) in [4.78, 5) is 35.4. The molecule has 0 spiro atoms. The van der Waals surface area contributed by atoms with Gasteiger partial charge in [0.25, 0.3) is 5.69 Å². The van der Waals surface area contributed by atoms with Crippen LogP contribution in [-0.2, 0) is 14.3 Å². The molecule has 0 aliphatic carbocycles. The molecule has 8 nitrogen and oxygen atoms in total. The summed E-state index contributed by atoms with van der Waals surface area (Å²) in [5.41, 5.74) is -0.135. The number of hydrogen-bond acceptors (Lipinski definition) is 6. The third-order valence-electron chi connectivity index (χ3n) is 4.34. The Morgan fingerprint density at radius 2 is 2.04 bits per heavy atom. The van der Waals surface area contributed by atoms with Crippen LogP contribution in [-0.4, -0.2) is 39.5 Å². The van der Waals surface area contributed by atoms with Crippen molar-refractivity contribution in [3.63, 3.8) is 0 Å². The topological polar surface area (TPSA) is 93.0 Å². The van der Waals surface area contributed by atoms with Crippen LogP contribution >= 0.6 is 0 Å². The zero-order valence-corrected chi connectivity index (χ0v) is 13.6. The van der Waals surface area contributed by atoms with Gasteiger partial charge < -0.3 is 4.74 Å². The molecule has 1 amide bonds. The van der Waals surface area contributed by atoms with E-state index in [4.69, 9.17) is 4.74 Å². The number of nitrogens with zero attached hydrogens (tertiary/aromatic N) is 3. The minimum Gasteiger partial charge on any atom is -0.466 e. The van der Waals surface area contributed by atoms with Crippen LogP contribution in [0.15, 0.2) is 36.0 Å². The van der Waals surface area contributed by atoms with Crippen molar-refractivity contribution in [3.8, 4) is 0 Å². The Balaban J connectivity index is 2.19. The summed E-state index contributed by atoms with van der Waals surface area (Å²) in [6, 6.07) is 5.47. The van der Waals surface area contributed by atoms with E-state index in [9.17, 15) is 19.7 Å². The molecule has 126 valence electrons. The number of nitro groups is 1. The standard InChI is InChI=1S/C16H17N3O5/c1-16(2)8-13(20)17-9-11(15(21)24-3)14(18(16)17)10-6-4-5-7-12(10)19(22)23/h4-7,9,14H,8H2,1-3H3. The summed E-state index contributed by atoms with van der Waals surface area (Å²) in [5, 5.41) is 14.5. The molecule has 8 heteroatoms. The molecule has 1 aromatic carbocycles. The van der Waals surface area contributed by atoms with Gasteiger partial charge in [-0.1, -0.05) is 18.2 Å². The second-order valence-electron chi connectivity index (χ2n) is 6.37. The first kappa shape index (κ1) is 16.1. The molecule has 1 fully saturated rings. The molecule has 1 atom stereocenters. The number of carbonyl (C=O) groups excluding carboxylic acids is 2. The smallest absolute Gasteiger partial charge is 0.337 e. The van der Waals surface area contributed by atoms with E-state index in [1.54, 1.807) is 23.2 Å². The molecule has 3 rings (SSSR count). The van der Waals surface area contributed by atoms with Gasteiger partial charge in [-0.05, 0) is 13.8 Å². The van der Waals surface area contributed by atoms with E-state index in [0.717, 1.165) is 0 Å². The maximum absolute atomic E-state index is 12.3. The number of rotatable bonds is 3. The number of benzene rings is 1. The zero-order valence-electron chi connectivity index (χ0n) is 13.6. The van der Waals surface area contributed by atoms with Gasteiger partial charge in [0.1, 0.15) is 0 Å². The van der Waals surface area contributed by atoms with Crippen molar-refractivity contribution < 1.29 is 19.2 Å². The molecule has 2 aliphatic heterocycles. The Morgan fingerprint density at radius 3 is 2.67 bits per heavy atom. The van der Waals surface area contributed by atoms with Crippen LogP contribution in [0.3, 0.4) is 0 Å². The highest BCUT2D eigenvalue weighted by molar-refractivity contribution is 5.93. The number of nitro benzene ring substituents is 1. The summed E-state index contributed by atoms with van der Waals surface area (Å²) < 4.78 is 4.81. The van der Waals surface area contributed by atoms with Gasteiger partial charge in [-0.25, -0.2) is 9.80 Å². The van der Waals surface area contributed by atoms with Gasteiger partial charge in [-0.15, -0.1) is 0 Å². The van der Waals surface area contributed by atoms with Gasteiger partial charge in [0.05, 0.1) is 29.2 Å². The quantitative estimate of drug-likeness (QED) is 0.477. The number of ether oxygens (including phenoxy) is 1. The largest absolute Gasteiger partial charge is 0.466 e. The normalized spacial score (nSPS) is 22.3. The van der Waals surface area contributed by atoms with Gasteiger partial charge in [0.15, 0.2) is 0 Å². The molecular formula is C16H17N3O5. The molecule has 0 N–H and O–H groups in total. The van der Waals surface area contributed by atoms with Crippen molar-refractivity contribution >= 4 is 17.6 Å². The first-order valence-electron chi connectivity index (χ1n) is 7.42. The Morgan fingerprint density at radius 1 is 1.38 bits per heavy atom. The van der Waals surface area contributed by atoms with E-state index >= 15 is 0 Å². The molecule has 0 bridgehead atoms. The van der Waals surface area contributed by atoms with Crippen LogP contribution in [0.25, 0.3) is 0 Å². The number of amides is 1. The van der Waals surface area contributed by atoms with Crippen LogP contribution in [0.2, 0.25) is 0 Å². The number of methoxy groups -OCH3 is 1. The van der Waals surface area contributed by atoms with E-state index in [1.807, 2.05) is 13.8 Å².